The molecule has 2 aliphatic rings. The van der Waals surface area contributed by atoms with Gasteiger partial charge in [0.1, 0.15) is 18.0 Å². The zero-order chi connectivity index (χ0) is 30.2. The molecule has 1 aromatic carbocycles. The standard InChI is InChI=1S/C29H38F3N3O5S/c1-27(2,3)23-16-34(15-20-8-7-13-38-20)25(41-23)33-24(36)21-14-18(29(30,31)32)9-10-22(21)39-17-19-11-12-35(19)26(37)40-28(4,5)6/h9-10,14,16,19-20H,7-8,11-13,15,17H2,1-6H3/t19-,20+/m0/s1. The van der Waals surface area contributed by atoms with E-state index in [0.717, 1.165) is 35.9 Å². The highest BCUT2D eigenvalue weighted by Crippen LogP contribution is 2.34. The second kappa shape index (κ2) is 11.8. The highest BCUT2D eigenvalue weighted by Gasteiger charge is 2.37. The molecular formula is C29H38F3N3O5S. The molecule has 2 saturated heterocycles. The molecule has 12 heteroatoms. The molecule has 0 unspecified atom stereocenters. The summed E-state index contributed by atoms with van der Waals surface area (Å²) in [5.74, 6) is -0.867. The fraction of sp³-hybridized carbons (Fsp3) is 0.621. The van der Waals surface area contributed by atoms with Crippen LogP contribution in [-0.2, 0) is 27.6 Å². The number of carbonyl (C=O) groups is 2. The van der Waals surface area contributed by atoms with Crippen LogP contribution < -0.4 is 9.54 Å². The number of nitrogens with zero attached hydrogens (tertiary/aromatic N) is 3. The smallest absolute Gasteiger partial charge is 0.416 e. The number of rotatable bonds is 6. The first-order valence-electron chi connectivity index (χ1n) is 13.8. The first-order chi connectivity index (χ1) is 19.0. The van der Waals surface area contributed by atoms with E-state index in [1.54, 1.807) is 20.8 Å². The van der Waals surface area contributed by atoms with Crippen LogP contribution in [0.25, 0.3) is 0 Å². The molecule has 2 aliphatic heterocycles. The Balaban J connectivity index is 1.62. The molecule has 0 saturated carbocycles. The third-order valence-corrected chi connectivity index (χ3v) is 8.27. The van der Waals surface area contributed by atoms with Gasteiger partial charge in [-0.2, -0.15) is 18.2 Å². The fourth-order valence-electron chi connectivity index (χ4n) is 4.46. The van der Waals surface area contributed by atoms with Gasteiger partial charge in [-0.1, -0.05) is 20.8 Å². The Bertz CT molecular complexity index is 1330. The van der Waals surface area contributed by atoms with E-state index >= 15 is 0 Å². The van der Waals surface area contributed by atoms with Crippen LogP contribution in [0, 0.1) is 0 Å². The Morgan fingerprint density at radius 1 is 1.12 bits per heavy atom. The third kappa shape index (κ3) is 7.91. The molecule has 0 spiro atoms. The highest BCUT2D eigenvalue weighted by atomic mass is 32.1. The van der Waals surface area contributed by atoms with E-state index in [1.165, 1.54) is 16.2 Å². The van der Waals surface area contributed by atoms with Crippen LogP contribution >= 0.6 is 11.3 Å². The van der Waals surface area contributed by atoms with Crippen molar-refractivity contribution in [1.82, 2.24) is 9.47 Å². The summed E-state index contributed by atoms with van der Waals surface area (Å²) in [5.41, 5.74) is -2.15. The zero-order valence-electron chi connectivity index (χ0n) is 24.3. The van der Waals surface area contributed by atoms with Crippen molar-refractivity contribution in [2.45, 2.75) is 96.7 Å². The number of benzene rings is 1. The van der Waals surface area contributed by atoms with Gasteiger partial charge in [0.15, 0.2) is 4.80 Å². The number of hydrogen-bond acceptors (Lipinski definition) is 6. The van der Waals surface area contributed by atoms with Gasteiger partial charge in [0.05, 0.1) is 29.8 Å². The van der Waals surface area contributed by atoms with E-state index in [-0.39, 0.29) is 35.5 Å². The van der Waals surface area contributed by atoms with Crippen LogP contribution in [0.5, 0.6) is 5.75 Å². The van der Waals surface area contributed by atoms with Crippen molar-refractivity contribution in [3.05, 3.63) is 45.2 Å². The molecule has 0 aliphatic carbocycles. The quantitative estimate of drug-likeness (QED) is 0.398. The molecule has 0 bridgehead atoms. The number of ether oxygens (including phenoxy) is 3. The van der Waals surface area contributed by atoms with E-state index in [9.17, 15) is 22.8 Å². The maximum Gasteiger partial charge on any atom is 0.416 e. The van der Waals surface area contributed by atoms with Gasteiger partial charge >= 0.3 is 12.3 Å². The number of amides is 2. The van der Waals surface area contributed by atoms with Crippen molar-refractivity contribution >= 4 is 23.3 Å². The van der Waals surface area contributed by atoms with Gasteiger partial charge in [-0.05, 0) is 63.6 Å². The van der Waals surface area contributed by atoms with Crippen LogP contribution in [0.4, 0.5) is 18.0 Å². The van der Waals surface area contributed by atoms with Crippen molar-refractivity contribution in [3.8, 4) is 5.75 Å². The second-order valence-corrected chi connectivity index (χ2v) is 13.5. The lowest BCUT2D eigenvalue weighted by Gasteiger charge is -2.41. The van der Waals surface area contributed by atoms with E-state index in [4.69, 9.17) is 14.2 Å². The van der Waals surface area contributed by atoms with Crippen molar-refractivity contribution < 1.29 is 37.0 Å². The third-order valence-electron chi connectivity index (χ3n) is 6.82. The Morgan fingerprint density at radius 2 is 1.85 bits per heavy atom. The average Bonchev–Trinajstić information content (AvgIpc) is 3.47. The largest absolute Gasteiger partial charge is 0.491 e. The summed E-state index contributed by atoms with van der Waals surface area (Å²) in [7, 11) is 0. The summed E-state index contributed by atoms with van der Waals surface area (Å²) in [6, 6.07) is 2.46. The Hall–Kier alpha value is -2.86. The van der Waals surface area contributed by atoms with Crippen LogP contribution in [0.1, 0.15) is 81.6 Å². The first kappa shape index (κ1) is 31.1. The Labute approximate surface area is 242 Å². The molecule has 2 aromatic rings. The lowest BCUT2D eigenvalue weighted by molar-refractivity contribution is -0.137. The number of halogens is 3. The topological polar surface area (TPSA) is 82.4 Å². The highest BCUT2D eigenvalue weighted by molar-refractivity contribution is 7.09. The van der Waals surface area contributed by atoms with Crippen LogP contribution in [0.3, 0.4) is 0 Å². The summed E-state index contributed by atoms with van der Waals surface area (Å²) in [6.07, 6.45) is -0.755. The summed E-state index contributed by atoms with van der Waals surface area (Å²) in [6.45, 7) is 13.1. The molecule has 2 fully saturated rings. The van der Waals surface area contributed by atoms with Gasteiger partial charge in [0.2, 0.25) is 0 Å². The van der Waals surface area contributed by atoms with E-state index in [0.29, 0.717) is 30.9 Å². The lowest BCUT2D eigenvalue weighted by Crippen LogP contribution is -2.55. The van der Waals surface area contributed by atoms with Crippen LogP contribution in [-0.4, -0.2) is 59.0 Å². The van der Waals surface area contributed by atoms with Crippen molar-refractivity contribution in [2.75, 3.05) is 19.8 Å². The van der Waals surface area contributed by atoms with Gasteiger partial charge in [0, 0.05) is 24.2 Å². The molecule has 0 radical (unpaired) electrons. The number of carbonyl (C=O) groups excluding carboxylic acids is 2. The Morgan fingerprint density at radius 3 is 2.41 bits per heavy atom. The molecule has 2 amide bonds. The van der Waals surface area contributed by atoms with E-state index in [1.807, 2.05) is 31.5 Å². The maximum atomic E-state index is 13.6. The minimum atomic E-state index is -4.66. The molecule has 0 N–H and O–H groups in total. The average molecular weight is 598 g/mol. The first-order valence-corrected chi connectivity index (χ1v) is 14.6. The van der Waals surface area contributed by atoms with Crippen LogP contribution in [0.2, 0.25) is 0 Å². The van der Waals surface area contributed by atoms with Gasteiger partial charge in [-0.25, -0.2) is 4.79 Å². The molecular weight excluding hydrogens is 559 g/mol. The molecule has 226 valence electrons. The number of hydrogen-bond donors (Lipinski definition) is 0. The normalized spacial score (nSPS) is 20.2. The molecule has 41 heavy (non-hydrogen) atoms. The van der Waals surface area contributed by atoms with Gasteiger partial charge in [0.25, 0.3) is 5.91 Å². The predicted octanol–water partition coefficient (Wildman–Crippen LogP) is 6.17. The predicted molar refractivity (Wildman–Crippen MR) is 148 cm³/mol. The van der Waals surface area contributed by atoms with Crippen molar-refractivity contribution in [3.63, 3.8) is 0 Å². The van der Waals surface area contributed by atoms with E-state index in [2.05, 4.69) is 4.99 Å². The van der Waals surface area contributed by atoms with Gasteiger partial charge in [-0.15, -0.1) is 11.3 Å². The van der Waals surface area contributed by atoms with Gasteiger partial charge in [-0.3, -0.25) is 4.79 Å². The summed E-state index contributed by atoms with van der Waals surface area (Å²) in [5, 5.41) is 0. The minimum absolute atomic E-state index is 0.00290. The lowest BCUT2D eigenvalue weighted by atomic mass is 9.95. The SMILES string of the molecule is CC(C)(C)OC(=O)N1CC[C@H]1COc1ccc(C(F)(F)F)cc1C(=O)N=c1sc(C(C)(C)C)cn1C[C@H]1CCCO1. The minimum Gasteiger partial charge on any atom is -0.491 e. The summed E-state index contributed by atoms with van der Waals surface area (Å²) < 4.78 is 59.7. The molecule has 1 aromatic heterocycles. The van der Waals surface area contributed by atoms with E-state index < -0.39 is 29.3 Å². The fourth-order valence-corrected chi connectivity index (χ4v) is 5.52. The molecule has 3 heterocycles. The molecule has 8 nitrogen and oxygen atoms in total. The van der Waals surface area contributed by atoms with Crippen molar-refractivity contribution in [2.24, 2.45) is 4.99 Å². The number of thiazole rings is 1. The van der Waals surface area contributed by atoms with Crippen LogP contribution in [0.15, 0.2) is 29.4 Å². The summed E-state index contributed by atoms with van der Waals surface area (Å²) >= 11 is 1.33. The summed E-state index contributed by atoms with van der Waals surface area (Å²) in [4.78, 5) is 33.1. The number of alkyl halides is 3. The zero-order valence-corrected chi connectivity index (χ0v) is 25.2. The molecule has 4 rings (SSSR count). The van der Waals surface area contributed by atoms with Gasteiger partial charge < -0.3 is 23.7 Å². The monoisotopic (exact) mass is 597 g/mol. The second-order valence-electron chi connectivity index (χ2n) is 12.5. The maximum absolute atomic E-state index is 13.6. The number of aromatic nitrogens is 1. The van der Waals surface area contributed by atoms with Crippen molar-refractivity contribution in [1.29, 1.82) is 0 Å². The molecule has 2 atom stereocenters. The number of likely N-dealkylation sites (tertiary alicyclic amines) is 1. The Kier molecular flexibility index (Phi) is 8.94.